The van der Waals surface area contributed by atoms with Crippen molar-refractivity contribution in [1.29, 1.82) is 0 Å². The molecule has 0 bridgehead atoms. The maximum Gasteiger partial charge on any atom is 0.358 e. The second kappa shape index (κ2) is 3.05. The number of nitrogen functional groups attached to an aromatic ring is 1. The molecule has 0 saturated heterocycles. The van der Waals surface area contributed by atoms with Crippen LogP contribution in [0.3, 0.4) is 0 Å². The first-order valence-electron chi connectivity index (χ1n) is 3.60. The summed E-state index contributed by atoms with van der Waals surface area (Å²) in [7, 11) is 0. The summed E-state index contributed by atoms with van der Waals surface area (Å²) in [5.74, 6) is -0.606. The van der Waals surface area contributed by atoms with Gasteiger partial charge in [0, 0.05) is 0 Å². The number of rotatable bonds is 2. The Kier molecular flexibility index (Phi) is 1.72. The highest BCUT2D eigenvalue weighted by Crippen LogP contribution is 2.04. The van der Waals surface area contributed by atoms with E-state index in [9.17, 15) is 4.79 Å². The predicted molar refractivity (Wildman–Crippen MR) is 39.0 cm³/mol. The topological polar surface area (TPSA) is 81.0 Å². The molecule has 0 amide bonds. The summed E-state index contributed by atoms with van der Waals surface area (Å²) in [6, 6.07) is 0. The van der Waals surface area contributed by atoms with Gasteiger partial charge in [0.1, 0.15) is 0 Å². The third-order valence-corrected chi connectivity index (χ3v) is 1.10. The number of carbonyl (C=O) groups is 1. The Bertz CT molecular complexity index is 277. The minimum Gasteiger partial charge on any atom is -0.461 e. The van der Waals surface area contributed by atoms with E-state index in [1.165, 1.54) is 0 Å². The molecule has 0 radical (unpaired) electrons. The van der Waals surface area contributed by atoms with E-state index in [1.807, 2.05) is 0 Å². The van der Waals surface area contributed by atoms with Crippen LogP contribution in [-0.4, -0.2) is 22.5 Å². The number of ether oxygens (including phenoxy) is 1. The zero-order valence-corrected chi connectivity index (χ0v) is 6.07. The first-order valence-corrected chi connectivity index (χ1v) is 3.16. The second-order valence-corrected chi connectivity index (χ2v) is 1.83. The van der Waals surface area contributed by atoms with Crippen LogP contribution >= 0.6 is 0 Å². The Hall–Kier alpha value is -1.52. The molecule has 0 aliphatic carbocycles. The smallest absolute Gasteiger partial charge is 0.358 e. The number of carbonyl (C=O) groups excluding carboxylic acids is 1. The number of H-pyrrole nitrogens is 1. The van der Waals surface area contributed by atoms with Crippen LogP contribution in [0.4, 0.5) is 5.82 Å². The molecule has 11 heavy (non-hydrogen) atoms. The summed E-state index contributed by atoms with van der Waals surface area (Å²) in [4.78, 5) is 15.4. The molecule has 1 aromatic rings. The number of nitrogens with one attached hydrogen (secondary N) is 1. The van der Waals surface area contributed by atoms with Crippen LogP contribution in [0.2, 0.25) is 1.41 Å². The molecular weight excluding hydrogens is 146 g/mol. The van der Waals surface area contributed by atoms with Gasteiger partial charge in [-0.2, -0.15) is 0 Å². The van der Waals surface area contributed by atoms with Gasteiger partial charge in [-0.25, -0.2) is 9.78 Å². The van der Waals surface area contributed by atoms with Crippen molar-refractivity contribution in [2.24, 2.45) is 0 Å². The molecule has 0 fully saturated rings. The maximum atomic E-state index is 11.1. The Balaban J connectivity index is 2.93. The number of nitrogens with two attached hydrogens (primary N) is 1. The summed E-state index contributed by atoms with van der Waals surface area (Å²) in [6.07, 6.45) is 1.14. The SMILES string of the molecule is [2H]n1cnc(N)c1C(=O)OCC. The van der Waals surface area contributed by atoms with Gasteiger partial charge in [0.25, 0.3) is 0 Å². The lowest BCUT2D eigenvalue weighted by Crippen LogP contribution is -2.07. The van der Waals surface area contributed by atoms with E-state index in [1.54, 1.807) is 6.92 Å². The molecule has 3 N–H and O–H groups in total. The molecule has 60 valence electrons. The molecule has 0 aliphatic rings. The molecule has 0 aromatic carbocycles. The molecule has 0 spiro atoms. The molecule has 5 nitrogen and oxygen atoms in total. The molecule has 0 atom stereocenters. The number of nitrogens with zero attached hydrogens (tertiary/aromatic N) is 1. The lowest BCUT2D eigenvalue weighted by Gasteiger charge is -1.97. The van der Waals surface area contributed by atoms with Crippen molar-refractivity contribution in [2.45, 2.75) is 6.92 Å². The van der Waals surface area contributed by atoms with Crippen LogP contribution < -0.4 is 5.73 Å². The van der Waals surface area contributed by atoms with Crippen LogP contribution in [0.15, 0.2) is 6.33 Å². The minimum atomic E-state index is -0.623. The quantitative estimate of drug-likeness (QED) is 0.598. The van der Waals surface area contributed by atoms with Gasteiger partial charge in [0.05, 0.1) is 12.9 Å². The van der Waals surface area contributed by atoms with Crippen LogP contribution in [0.25, 0.3) is 0 Å². The zero-order chi connectivity index (χ0) is 9.14. The van der Waals surface area contributed by atoms with Gasteiger partial charge in [-0.05, 0) is 6.92 Å². The van der Waals surface area contributed by atoms with Crippen molar-refractivity contribution in [3.05, 3.63) is 12.0 Å². The van der Waals surface area contributed by atoms with E-state index in [4.69, 9.17) is 7.15 Å². The molecule has 1 rings (SSSR count). The molecule has 0 saturated carbocycles. The fourth-order valence-corrected chi connectivity index (χ4v) is 0.633. The summed E-state index contributed by atoms with van der Waals surface area (Å²) in [6.45, 7) is 1.93. The Morgan fingerprint density at radius 3 is 3.27 bits per heavy atom. The minimum absolute atomic E-state index is 0.0171. The highest BCUT2D eigenvalue weighted by atomic mass is 16.5. The fourth-order valence-electron chi connectivity index (χ4n) is 0.633. The number of hydrogen-bond acceptors (Lipinski definition) is 4. The summed E-state index contributed by atoms with van der Waals surface area (Å²) >= 11 is 0. The van der Waals surface area contributed by atoms with Crippen molar-refractivity contribution in [1.82, 2.24) is 9.96 Å². The van der Waals surface area contributed by atoms with Crippen molar-refractivity contribution in [2.75, 3.05) is 12.3 Å². The van der Waals surface area contributed by atoms with Crippen molar-refractivity contribution >= 4 is 11.8 Å². The lowest BCUT2D eigenvalue weighted by atomic mass is 10.4. The molecular formula is C6H9N3O2. The van der Waals surface area contributed by atoms with Crippen LogP contribution in [-0.2, 0) is 4.74 Å². The van der Waals surface area contributed by atoms with Gasteiger partial charge < -0.3 is 15.4 Å². The van der Waals surface area contributed by atoms with E-state index < -0.39 is 5.97 Å². The van der Waals surface area contributed by atoms with Gasteiger partial charge in [-0.1, -0.05) is 0 Å². The van der Waals surface area contributed by atoms with Crippen molar-refractivity contribution in [3.63, 3.8) is 0 Å². The van der Waals surface area contributed by atoms with E-state index in [-0.39, 0.29) is 18.1 Å². The molecule has 1 heterocycles. The fraction of sp³-hybridized carbons (Fsp3) is 0.333. The maximum absolute atomic E-state index is 11.1. The number of hydrogen-bond donors (Lipinski definition) is 2. The summed E-state index contributed by atoms with van der Waals surface area (Å²) in [5.41, 5.74) is 5.29. The monoisotopic (exact) mass is 156 g/mol. The first-order chi connectivity index (χ1) is 5.66. The van der Waals surface area contributed by atoms with Gasteiger partial charge in [0.2, 0.25) is 0 Å². The third-order valence-electron chi connectivity index (χ3n) is 1.10. The third kappa shape index (κ3) is 1.49. The number of esters is 1. The number of imidazole rings is 1. The average molecular weight is 156 g/mol. The zero-order valence-electron chi connectivity index (χ0n) is 7.07. The second-order valence-electron chi connectivity index (χ2n) is 1.83. The Labute approximate surface area is 65.0 Å². The first kappa shape index (κ1) is 6.21. The van der Waals surface area contributed by atoms with E-state index >= 15 is 0 Å². The molecule has 1 aromatic heterocycles. The summed E-state index contributed by atoms with van der Waals surface area (Å²) < 4.78 is 11.8. The largest absolute Gasteiger partial charge is 0.461 e. The normalized spacial score (nSPS) is 10.8. The van der Waals surface area contributed by atoms with Crippen LogP contribution in [0.1, 0.15) is 17.4 Å². The van der Waals surface area contributed by atoms with E-state index in [2.05, 4.69) is 9.72 Å². The lowest BCUT2D eigenvalue weighted by molar-refractivity contribution is 0.0521. The number of aromatic amines is 1. The molecule has 0 unspecified atom stereocenters. The summed E-state index contributed by atoms with van der Waals surface area (Å²) in [5, 5.41) is 0. The van der Waals surface area contributed by atoms with Crippen molar-refractivity contribution in [3.8, 4) is 0 Å². The van der Waals surface area contributed by atoms with Gasteiger partial charge in [-0.15, -0.1) is 0 Å². The predicted octanol–water partition coefficient (Wildman–Crippen LogP) is 0.169. The number of anilines is 1. The van der Waals surface area contributed by atoms with Crippen molar-refractivity contribution < 1.29 is 10.9 Å². The van der Waals surface area contributed by atoms with Crippen LogP contribution in [0.5, 0.6) is 0 Å². The highest BCUT2D eigenvalue weighted by molar-refractivity contribution is 5.91. The Morgan fingerprint density at radius 2 is 2.82 bits per heavy atom. The van der Waals surface area contributed by atoms with E-state index in [0.29, 0.717) is 0 Å². The molecule has 0 aliphatic heterocycles. The Morgan fingerprint density at radius 1 is 2.09 bits per heavy atom. The van der Waals surface area contributed by atoms with Crippen LogP contribution in [0, 0.1) is 0 Å². The number of aromatic nitrogens is 2. The van der Waals surface area contributed by atoms with E-state index in [0.717, 1.165) is 11.3 Å². The average Bonchev–Trinajstić information content (AvgIpc) is 2.32. The highest BCUT2D eigenvalue weighted by Gasteiger charge is 2.11. The standard InChI is InChI=1S/C6H9N3O2/c1-2-11-6(10)4-5(7)9-3-8-4/h3H,2,7H2,1H3,(H,8,9)/i/hD. The molecule has 5 heteroatoms. The van der Waals surface area contributed by atoms with Gasteiger partial charge in [-0.3, -0.25) is 0 Å². The van der Waals surface area contributed by atoms with Gasteiger partial charge in [0.15, 0.2) is 12.9 Å². The van der Waals surface area contributed by atoms with Gasteiger partial charge >= 0.3 is 5.97 Å².